The van der Waals surface area contributed by atoms with Gasteiger partial charge in [-0.1, -0.05) is 12.1 Å². The first-order valence-electron chi connectivity index (χ1n) is 7.89. The topological polar surface area (TPSA) is 55.6 Å². The fourth-order valence-electron chi connectivity index (χ4n) is 2.82. The molecule has 6 heteroatoms. The quantitative estimate of drug-likeness (QED) is 0.752. The molecule has 1 fully saturated rings. The van der Waals surface area contributed by atoms with E-state index >= 15 is 0 Å². The molecular weight excluding hydrogens is 306 g/mol. The molecule has 0 saturated heterocycles. The van der Waals surface area contributed by atoms with E-state index in [0.29, 0.717) is 6.04 Å². The maximum Gasteiger partial charge on any atom is 0.137 e. The van der Waals surface area contributed by atoms with Gasteiger partial charge in [-0.05, 0) is 37.8 Å². The Morgan fingerprint density at radius 2 is 2.30 bits per heavy atom. The van der Waals surface area contributed by atoms with Crippen molar-refractivity contribution in [1.29, 1.82) is 0 Å². The summed E-state index contributed by atoms with van der Waals surface area (Å²) in [6.07, 6.45) is 5.95. The zero-order chi connectivity index (χ0) is 15.6. The van der Waals surface area contributed by atoms with Gasteiger partial charge in [0.2, 0.25) is 0 Å². The highest BCUT2D eigenvalue weighted by Gasteiger charge is 2.31. The van der Waals surface area contributed by atoms with Crippen molar-refractivity contribution in [1.82, 2.24) is 19.7 Å². The Labute approximate surface area is 139 Å². The lowest BCUT2D eigenvalue weighted by Crippen LogP contribution is -2.28. The molecule has 0 radical (unpaired) electrons. The van der Waals surface area contributed by atoms with Crippen molar-refractivity contribution in [2.75, 3.05) is 5.32 Å². The molecule has 2 heterocycles. The second-order valence-electron chi connectivity index (χ2n) is 6.04. The largest absolute Gasteiger partial charge is 0.380 e. The van der Waals surface area contributed by atoms with Crippen molar-refractivity contribution < 1.29 is 0 Å². The average molecular weight is 325 g/mol. The van der Waals surface area contributed by atoms with Gasteiger partial charge in [0, 0.05) is 22.7 Å². The second kappa shape index (κ2) is 6.12. The normalized spacial score (nSPS) is 15.5. The Balaban J connectivity index is 1.52. The summed E-state index contributed by atoms with van der Waals surface area (Å²) in [7, 11) is 0. The van der Waals surface area contributed by atoms with Crippen LogP contribution in [0.5, 0.6) is 0 Å². The molecule has 3 aromatic rings. The van der Waals surface area contributed by atoms with Crippen LogP contribution < -0.4 is 5.32 Å². The lowest BCUT2D eigenvalue weighted by Gasteiger charge is -2.19. The molecule has 2 aromatic heterocycles. The minimum absolute atomic E-state index is 0.393. The van der Waals surface area contributed by atoms with Crippen LogP contribution >= 0.6 is 11.3 Å². The van der Waals surface area contributed by atoms with Crippen molar-refractivity contribution in [3.05, 3.63) is 47.3 Å². The van der Waals surface area contributed by atoms with Gasteiger partial charge >= 0.3 is 0 Å². The summed E-state index contributed by atoms with van der Waals surface area (Å²) in [5, 5.41) is 11.1. The van der Waals surface area contributed by atoms with Crippen LogP contribution in [0.1, 0.15) is 17.8 Å². The molecule has 1 aliphatic rings. The fourth-order valence-corrected chi connectivity index (χ4v) is 3.44. The summed E-state index contributed by atoms with van der Waals surface area (Å²) in [6.45, 7) is 2.89. The van der Waals surface area contributed by atoms with Crippen LogP contribution in [0, 0.1) is 12.8 Å². The molecule has 0 aliphatic heterocycles. The van der Waals surface area contributed by atoms with E-state index < -0.39 is 0 Å². The third kappa shape index (κ3) is 3.42. The SMILES string of the molecule is Cc1nc(-c2cccc(NC(Cn3cncn3)C3CC3)c2)cs1. The van der Waals surface area contributed by atoms with E-state index in [9.17, 15) is 0 Å². The molecule has 1 N–H and O–H groups in total. The molecule has 0 amide bonds. The number of nitrogens with zero attached hydrogens (tertiary/aromatic N) is 4. The summed E-state index contributed by atoms with van der Waals surface area (Å²) in [5.74, 6) is 0.726. The van der Waals surface area contributed by atoms with Crippen LogP contribution in [-0.4, -0.2) is 25.8 Å². The first-order valence-corrected chi connectivity index (χ1v) is 8.77. The Kier molecular flexibility index (Phi) is 3.83. The molecule has 5 nitrogen and oxygen atoms in total. The summed E-state index contributed by atoms with van der Waals surface area (Å²) in [6, 6.07) is 8.91. The van der Waals surface area contributed by atoms with Gasteiger partial charge in [-0.25, -0.2) is 9.97 Å². The highest BCUT2D eigenvalue weighted by Crippen LogP contribution is 2.35. The van der Waals surface area contributed by atoms with E-state index in [0.717, 1.165) is 34.4 Å². The summed E-state index contributed by atoms with van der Waals surface area (Å²) in [4.78, 5) is 8.61. The van der Waals surface area contributed by atoms with Crippen molar-refractivity contribution in [2.24, 2.45) is 5.92 Å². The van der Waals surface area contributed by atoms with E-state index in [1.165, 1.54) is 12.8 Å². The third-order valence-electron chi connectivity index (χ3n) is 4.17. The Hall–Kier alpha value is -2.21. The molecule has 4 rings (SSSR count). The lowest BCUT2D eigenvalue weighted by molar-refractivity contribution is 0.495. The number of hydrogen-bond donors (Lipinski definition) is 1. The Bertz CT molecular complexity index is 776. The van der Waals surface area contributed by atoms with Crippen LogP contribution in [0.3, 0.4) is 0 Å². The van der Waals surface area contributed by atoms with E-state index in [4.69, 9.17) is 0 Å². The highest BCUT2D eigenvalue weighted by atomic mass is 32.1. The molecule has 1 atom stereocenters. The molecule has 0 spiro atoms. The highest BCUT2D eigenvalue weighted by molar-refractivity contribution is 7.09. The number of anilines is 1. The average Bonchev–Trinajstić information content (AvgIpc) is 3.11. The van der Waals surface area contributed by atoms with Gasteiger partial charge < -0.3 is 5.32 Å². The van der Waals surface area contributed by atoms with Crippen LogP contribution in [0.25, 0.3) is 11.3 Å². The standard InChI is InChI=1S/C17H19N5S/c1-12-20-17(9-23-12)14-3-2-4-15(7-14)21-16(13-5-6-13)8-22-11-18-10-19-22/h2-4,7,9-11,13,16,21H,5-6,8H2,1H3. The molecule has 1 saturated carbocycles. The van der Waals surface area contributed by atoms with Crippen molar-refractivity contribution >= 4 is 17.0 Å². The zero-order valence-corrected chi connectivity index (χ0v) is 13.8. The number of hydrogen-bond acceptors (Lipinski definition) is 5. The second-order valence-corrected chi connectivity index (χ2v) is 7.10. The first kappa shape index (κ1) is 14.4. The lowest BCUT2D eigenvalue weighted by atomic mass is 10.1. The van der Waals surface area contributed by atoms with Crippen molar-refractivity contribution in [3.8, 4) is 11.3 Å². The maximum absolute atomic E-state index is 4.58. The number of nitrogens with one attached hydrogen (secondary N) is 1. The summed E-state index contributed by atoms with van der Waals surface area (Å²) in [5.41, 5.74) is 3.36. The van der Waals surface area contributed by atoms with E-state index in [2.05, 4.69) is 50.0 Å². The van der Waals surface area contributed by atoms with Gasteiger partial charge in [0.25, 0.3) is 0 Å². The van der Waals surface area contributed by atoms with Gasteiger partial charge in [0.05, 0.1) is 17.2 Å². The monoisotopic (exact) mass is 325 g/mol. The molecule has 0 bridgehead atoms. The van der Waals surface area contributed by atoms with Crippen molar-refractivity contribution in [2.45, 2.75) is 32.4 Å². The third-order valence-corrected chi connectivity index (χ3v) is 4.94. The zero-order valence-electron chi connectivity index (χ0n) is 13.0. The molecule has 118 valence electrons. The van der Waals surface area contributed by atoms with Gasteiger partial charge in [-0.3, -0.25) is 4.68 Å². The van der Waals surface area contributed by atoms with Gasteiger partial charge in [-0.2, -0.15) is 5.10 Å². The number of thiazole rings is 1. The number of aryl methyl sites for hydroxylation is 1. The van der Waals surface area contributed by atoms with E-state index in [1.54, 1.807) is 24.0 Å². The van der Waals surface area contributed by atoms with Gasteiger partial charge in [0.15, 0.2) is 0 Å². The summed E-state index contributed by atoms with van der Waals surface area (Å²) < 4.78 is 1.91. The first-order chi connectivity index (χ1) is 11.3. The summed E-state index contributed by atoms with van der Waals surface area (Å²) >= 11 is 1.69. The Morgan fingerprint density at radius 3 is 3.00 bits per heavy atom. The maximum atomic E-state index is 4.58. The molecular formula is C17H19N5S. The Morgan fingerprint density at radius 1 is 1.39 bits per heavy atom. The minimum Gasteiger partial charge on any atom is -0.380 e. The van der Waals surface area contributed by atoms with Crippen LogP contribution in [0.2, 0.25) is 0 Å². The number of rotatable bonds is 6. The molecule has 1 aromatic carbocycles. The van der Waals surface area contributed by atoms with Crippen LogP contribution in [0.4, 0.5) is 5.69 Å². The van der Waals surface area contributed by atoms with Gasteiger partial charge in [-0.15, -0.1) is 11.3 Å². The predicted molar refractivity (Wildman–Crippen MR) is 92.4 cm³/mol. The van der Waals surface area contributed by atoms with E-state index in [1.807, 2.05) is 11.6 Å². The minimum atomic E-state index is 0.393. The van der Waals surface area contributed by atoms with Crippen LogP contribution in [-0.2, 0) is 6.54 Å². The van der Waals surface area contributed by atoms with Crippen LogP contribution in [0.15, 0.2) is 42.3 Å². The van der Waals surface area contributed by atoms with E-state index in [-0.39, 0.29) is 0 Å². The number of aromatic nitrogens is 4. The predicted octanol–water partition coefficient (Wildman–Crippen LogP) is 3.60. The number of benzene rings is 1. The molecule has 23 heavy (non-hydrogen) atoms. The van der Waals surface area contributed by atoms with Gasteiger partial charge in [0.1, 0.15) is 12.7 Å². The fraction of sp³-hybridized carbons (Fsp3) is 0.353. The van der Waals surface area contributed by atoms with Crippen molar-refractivity contribution in [3.63, 3.8) is 0 Å². The molecule has 1 aliphatic carbocycles. The smallest absolute Gasteiger partial charge is 0.137 e. The molecule has 1 unspecified atom stereocenters.